The second-order valence-electron chi connectivity index (χ2n) is 11.6. The molecular formula is C36H39NO5S. The molecule has 4 aromatic carbocycles. The molecular weight excluding hydrogens is 558 g/mol. The monoisotopic (exact) mass is 597 g/mol. The molecule has 0 amide bonds. The molecule has 224 valence electrons. The molecule has 2 aliphatic rings. The van der Waals surface area contributed by atoms with E-state index in [2.05, 4.69) is 89.8 Å². The third-order valence-electron chi connectivity index (χ3n) is 8.43. The summed E-state index contributed by atoms with van der Waals surface area (Å²) in [5.74, 6) is 2.44. The molecule has 1 fully saturated rings. The number of ether oxygens (including phenoxy) is 2. The van der Waals surface area contributed by atoms with Gasteiger partial charge in [-0.05, 0) is 77.3 Å². The molecule has 6 rings (SSSR count). The van der Waals surface area contributed by atoms with Gasteiger partial charge in [0.15, 0.2) is 0 Å². The minimum absolute atomic E-state index is 0.142. The maximum atomic E-state index is 11.1. The highest BCUT2D eigenvalue weighted by Gasteiger charge is 2.33. The lowest BCUT2D eigenvalue weighted by Gasteiger charge is -2.39. The number of hydrogen-bond donors (Lipinski definition) is 0. The van der Waals surface area contributed by atoms with Crippen LogP contribution in [0.1, 0.15) is 52.5 Å². The second-order valence-corrected chi connectivity index (χ2v) is 13.3. The molecule has 1 saturated heterocycles. The Morgan fingerprint density at radius 1 is 0.814 bits per heavy atom. The van der Waals surface area contributed by atoms with Crippen molar-refractivity contribution in [1.29, 1.82) is 0 Å². The Morgan fingerprint density at radius 2 is 1.51 bits per heavy atom. The maximum Gasteiger partial charge on any atom is 0.264 e. The topological polar surface area (TPSA) is 65.1 Å². The number of rotatable bonds is 12. The van der Waals surface area contributed by atoms with Crippen molar-refractivity contribution in [2.45, 2.75) is 43.8 Å². The quantitative estimate of drug-likeness (QED) is 0.136. The van der Waals surface area contributed by atoms with E-state index in [9.17, 15) is 8.42 Å². The fourth-order valence-electron chi connectivity index (χ4n) is 6.32. The zero-order chi connectivity index (χ0) is 29.6. The van der Waals surface area contributed by atoms with Crippen LogP contribution in [0.15, 0.2) is 103 Å². The van der Waals surface area contributed by atoms with E-state index in [1.165, 1.54) is 27.8 Å². The van der Waals surface area contributed by atoms with Gasteiger partial charge in [0.2, 0.25) is 0 Å². The molecule has 1 heterocycles. The van der Waals surface area contributed by atoms with Gasteiger partial charge < -0.3 is 9.47 Å². The molecule has 0 N–H and O–H groups in total. The van der Waals surface area contributed by atoms with Gasteiger partial charge in [-0.1, -0.05) is 78.9 Å². The van der Waals surface area contributed by atoms with E-state index in [1.54, 1.807) is 0 Å². The van der Waals surface area contributed by atoms with Crippen LogP contribution in [-0.4, -0.2) is 51.9 Å². The van der Waals surface area contributed by atoms with Crippen LogP contribution in [0.3, 0.4) is 0 Å². The Balaban J connectivity index is 1.13. The second kappa shape index (κ2) is 13.3. The standard InChI is InChI=1S/C36H39NO5S/c1-43(38,39)41-22-8-21-37-24-33(25-37)42-31-16-13-29(14-17-31)36-34(28-11-6-3-7-12-28)19-15-30-23-32(18-20-35(30)36)40-26-27-9-4-2-5-10-27/h2-7,9-14,16-18,20,23,33-34,36H,8,15,19,21-22,24-26H2,1H3. The molecule has 1 aliphatic heterocycles. The van der Waals surface area contributed by atoms with Gasteiger partial charge in [0.25, 0.3) is 10.1 Å². The van der Waals surface area contributed by atoms with Gasteiger partial charge in [-0.3, -0.25) is 9.08 Å². The van der Waals surface area contributed by atoms with Crippen molar-refractivity contribution in [3.63, 3.8) is 0 Å². The summed E-state index contributed by atoms with van der Waals surface area (Å²) in [6.45, 7) is 3.25. The highest BCUT2D eigenvalue weighted by atomic mass is 32.2. The summed E-state index contributed by atoms with van der Waals surface area (Å²) in [5, 5.41) is 0. The largest absolute Gasteiger partial charge is 0.489 e. The molecule has 0 spiro atoms. The van der Waals surface area contributed by atoms with Crippen LogP contribution in [0.4, 0.5) is 0 Å². The Morgan fingerprint density at radius 3 is 2.23 bits per heavy atom. The van der Waals surface area contributed by atoms with E-state index in [0.717, 1.165) is 50.2 Å². The molecule has 0 saturated carbocycles. The van der Waals surface area contributed by atoms with Crippen LogP contribution >= 0.6 is 0 Å². The van der Waals surface area contributed by atoms with Crippen LogP contribution in [0, 0.1) is 0 Å². The molecule has 6 nitrogen and oxygen atoms in total. The number of nitrogens with zero attached hydrogens (tertiary/aromatic N) is 1. The van der Waals surface area contributed by atoms with Crippen molar-refractivity contribution in [3.8, 4) is 11.5 Å². The molecule has 0 radical (unpaired) electrons. The maximum absolute atomic E-state index is 11.1. The van der Waals surface area contributed by atoms with Crippen molar-refractivity contribution < 1.29 is 22.1 Å². The third kappa shape index (κ3) is 7.66. The van der Waals surface area contributed by atoms with Gasteiger partial charge in [0.05, 0.1) is 12.9 Å². The Bertz CT molecular complexity index is 1590. The third-order valence-corrected chi connectivity index (χ3v) is 9.03. The summed E-state index contributed by atoms with van der Waals surface area (Å²) in [4.78, 5) is 2.26. The highest BCUT2D eigenvalue weighted by molar-refractivity contribution is 7.85. The van der Waals surface area contributed by atoms with Gasteiger partial charge in [0.1, 0.15) is 24.2 Å². The average Bonchev–Trinajstić information content (AvgIpc) is 3.00. The van der Waals surface area contributed by atoms with Crippen molar-refractivity contribution in [2.75, 3.05) is 32.5 Å². The van der Waals surface area contributed by atoms with Gasteiger partial charge in [-0.15, -0.1) is 0 Å². The smallest absolute Gasteiger partial charge is 0.264 e. The summed E-state index contributed by atoms with van der Waals surface area (Å²) in [6, 6.07) is 36.4. The van der Waals surface area contributed by atoms with Crippen LogP contribution in [-0.2, 0) is 27.3 Å². The lowest BCUT2D eigenvalue weighted by molar-refractivity contribution is 0.0174. The summed E-state index contributed by atoms with van der Waals surface area (Å²) in [7, 11) is -3.37. The minimum atomic E-state index is -3.37. The van der Waals surface area contributed by atoms with Gasteiger partial charge in [-0.25, -0.2) is 0 Å². The van der Waals surface area contributed by atoms with E-state index in [4.69, 9.17) is 13.7 Å². The molecule has 0 aromatic heterocycles. The summed E-state index contributed by atoms with van der Waals surface area (Å²) in [6.07, 6.45) is 4.01. The first kappa shape index (κ1) is 29.4. The predicted molar refractivity (Wildman–Crippen MR) is 169 cm³/mol. The summed E-state index contributed by atoms with van der Waals surface area (Å²) >= 11 is 0. The van der Waals surface area contributed by atoms with Gasteiger partial charge in [0, 0.05) is 25.6 Å². The zero-order valence-electron chi connectivity index (χ0n) is 24.6. The molecule has 2 unspecified atom stereocenters. The SMILES string of the molecule is CS(=O)(=O)OCCCN1CC(Oc2ccc(C3c4ccc(OCc5ccccc5)cc4CCC3c3ccccc3)cc2)C1. The Labute approximate surface area is 255 Å². The first-order valence-electron chi connectivity index (χ1n) is 15.1. The van der Waals surface area contributed by atoms with Crippen LogP contribution < -0.4 is 9.47 Å². The van der Waals surface area contributed by atoms with Crippen molar-refractivity contribution in [1.82, 2.24) is 4.90 Å². The van der Waals surface area contributed by atoms with Crippen LogP contribution in [0.5, 0.6) is 11.5 Å². The fourth-order valence-corrected chi connectivity index (χ4v) is 6.74. The summed E-state index contributed by atoms with van der Waals surface area (Å²) < 4.78 is 39.5. The van der Waals surface area contributed by atoms with Crippen molar-refractivity contribution >= 4 is 10.1 Å². The molecule has 1 aliphatic carbocycles. The first-order valence-corrected chi connectivity index (χ1v) is 16.9. The van der Waals surface area contributed by atoms with Gasteiger partial charge >= 0.3 is 0 Å². The molecule has 7 heteroatoms. The molecule has 43 heavy (non-hydrogen) atoms. The number of benzene rings is 4. The number of fused-ring (bicyclic) bond motifs is 1. The molecule has 0 bridgehead atoms. The molecule has 4 aromatic rings. The van der Waals surface area contributed by atoms with Gasteiger partial charge in [-0.2, -0.15) is 8.42 Å². The Kier molecular flexibility index (Phi) is 9.12. The first-order chi connectivity index (χ1) is 20.9. The number of aryl methyl sites for hydroxylation is 1. The van der Waals surface area contributed by atoms with E-state index in [0.29, 0.717) is 18.9 Å². The number of hydrogen-bond acceptors (Lipinski definition) is 6. The van der Waals surface area contributed by atoms with Crippen LogP contribution in [0.25, 0.3) is 0 Å². The predicted octanol–water partition coefficient (Wildman–Crippen LogP) is 6.56. The van der Waals surface area contributed by atoms with Crippen molar-refractivity contribution in [3.05, 3.63) is 131 Å². The average molecular weight is 598 g/mol. The van der Waals surface area contributed by atoms with E-state index >= 15 is 0 Å². The Hall–Kier alpha value is -3.65. The fraction of sp³-hybridized carbons (Fsp3) is 0.333. The summed E-state index contributed by atoms with van der Waals surface area (Å²) in [5.41, 5.74) is 6.56. The normalized spacial score (nSPS) is 18.9. The van der Waals surface area contributed by atoms with Crippen molar-refractivity contribution in [2.24, 2.45) is 0 Å². The highest BCUT2D eigenvalue weighted by Crippen LogP contribution is 2.47. The minimum Gasteiger partial charge on any atom is -0.489 e. The van der Waals surface area contributed by atoms with E-state index in [1.807, 2.05) is 18.2 Å². The zero-order valence-corrected chi connectivity index (χ0v) is 25.4. The molecule has 2 atom stereocenters. The van der Waals surface area contributed by atoms with Crippen LogP contribution in [0.2, 0.25) is 0 Å². The number of likely N-dealkylation sites (tertiary alicyclic amines) is 1. The lowest BCUT2D eigenvalue weighted by Crippen LogP contribution is -2.54. The van der Waals surface area contributed by atoms with E-state index < -0.39 is 10.1 Å². The lowest BCUT2D eigenvalue weighted by atomic mass is 9.69. The van der Waals surface area contributed by atoms with E-state index in [-0.39, 0.29) is 18.6 Å².